The Hall–Kier alpha value is -4.52. The van der Waals surface area contributed by atoms with E-state index >= 15 is 0 Å². The summed E-state index contributed by atoms with van der Waals surface area (Å²) in [5, 5.41) is 11.5. The Kier molecular flexibility index (Phi) is 8.80. The second-order valence-corrected chi connectivity index (χ2v) is 14.5. The lowest BCUT2D eigenvalue weighted by Crippen LogP contribution is -2.47. The van der Waals surface area contributed by atoms with Crippen LogP contribution in [0.15, 0.2) is 41.3 Å². The molecule has 1 aromatic carbocycles. The van der Waals surface area contributed by atoms with Crippen molar-refractivity contribution in [2.45, 2.75) is 90.8 Å². The number of nitrogens with zero attached hydrogens (tertiary/aromatic N) is 6. The number of halogens is 1. The minimum Gasteiger partial charge on any atom is -0.355 e. The third-order valence-electron chi connectivity index (χ3n) is 10.2. The van der Waals surface area contributed by atoms with E-state index in [0.717, 1.165) is 53.5 Å². The van der Waals surface area contributed by atoms with Gasteiger partial charge in [-0.3, -0.25) is 23.9 Å². The number of nitrogens with one attached hydrogen (secondary N) is 2. The van der Waals surface area contributed by atoms with Crippen LogP contribution in [0.4, 0.5) is 5.82 Å². The largest absolute Gasteiger partial charge is 0.355 e. The van der Waals surface area contributed by atoms with Gasteiger partial charge in [-0.2, -0.15) is 5.10 Å². The molecule has 2 aliphatic heterocycles. The highest BCUT2D eigenvalue weighted by Crippen LogP contribution is 2.59. The normalized spacial score (nSPS) is 22.7. The number of rotatable bonds is 4. The highest BCUT2D eigenvalue weighted by atomic mass is 79.9. The number of benzene rings is 1. The number of ketones is 1. The maximum atomic E-state index is 14.4. The Morgan fingerprint density at radius 1 is 1.00 bits per heavy atom. The van der Waals surface area contributed by atoms with Crippen molar-refractivity contribution in [3.8, 4) is 11.1 Å². The van der Waals surface area contributed by atoms with Crippen LogP contribution in [0.25, 0.3) is 22.0 Å². The molecule has 5 heterocycles. The van der Waals surface area contributed by atoms with Crippen molar-refractivity contribution < 1.29 is 19.2 Å². The van der Waals surface area contributed by atoms with Crippen LogP contribution in [0.5, 0.6) is 0 Å². The Balaban J connectivity index is 1.29. The number of carbonyl (C=O) groups excluding carboxylic acids is 4. The van der Waals surface area contributed by atoms with Gasteiger partial charge in [-0.25, -0.2) is 15.0 Å². The fraction of sp³-hybridized carbons (Fsp3) is 0.444. The number of hydrogen-bond donors (Lipinski definition) is 2. The van der Waals surface area contributed by atoms with Crippen molar-refractivity contribution in [3.05, 3.63) is 63.9 Å². The molecule has 1 saturated carbocycles. The molecule has 3 amide bonds. The third-order valence-corrected chi connectivity index (χ3v) is 10.6. The van der Waals surface area contributed by atoms with Gasteiger partial charge in [0.1, 0.15) is 34.5 Å². The van der Waals surface area contributed by atoms with E-state index in [9.17, 15) is 19.2 Å². The molecule has 0 unspecified atom stereocenters. The van der Waals surface area contributed by atoms with Crippen molar-refractivity contribution in [1.82, 2.24) is 34.9 Å². The molecule has 2 fully saturated rings. The van der Waals surface area contributed by atoms with Gasteiger partial charge in [-0.15, -0.1) is 0 Å². The van der Waals surface area contributed by atoms with Gasteiger partial charge in [0.15, 0.2) is 5.78 Å². The van der Waals surface area contributed by atoms with Gasteiger partial charge in [0.25, 0.3) is 0 Å². The summed E-state index contributed by atoms with van der Waals surface area (Å²) in [7, 11) is 0. The van der Waals surface area contributed by atoms with Gasteiger partial charge in [0, 0.05) is 54.7 Å². The molecule has 0 radical (unpaired) electrons. The molecular formula is C36H39BrN8O4. The fourth-order valence-corrected chi connectivity index (χ4v) is 7.81. The third kappa shape index (κ3) is 6.48. The molecule has 13 heteroatoms. The summed E-state index contributed by atoms with van der Waals surface area (Å²) in [5.41, 5.74) is 4.11. The van der Waals surface area contributed by atoms with Crippen LogP contribution >= 0.6 is 15.9 Å². The predicted molar refractivity (Wildman–Crippen MR) is 187 cm³/mol. The lowest BCUT2D eigenvalue weighted by Gasteiger charge is -2.27. The summed E-state index contributed by atoms with van der Waals surface area (Å²) >= 11 is 3.38. The van der Waals surface area contributed by atoms with Crippen LogP contribution in [0.1, 0.15) is 79.3 Å². The Labute approximate surface area is 292 Å². The maximum absolute atomic E-state index is 14.4. The Morgan fingerprint density at radius 2 is 1.76 bits per heavy atom. The summed E-state index contributed by atoms with van der Waals surface area (Å²) in [5.74, 6) is 0.294. The zero-order valence-electron chi connectivity index (χ0n) is 27.9. The highest BCUT2D eigenvalue weighted by Gasteiger charge is 2.67. The number of Topliss-reactive ketones (excluding diaryl/α,β-unsaturated/α-hetero) is 1. The molecule has 7 rings (SSSR count). The first kappa shape index (κ1) is 33.0. The highest BCUT2D eigenvalue weighted by molar-refractivity contribution is 9.10. The van der Waals surface area contributed by atoms with E-state index in [2.05, 4.69) is 47.6 Å². The first-order valence-corrected chi connectivity index (χ1v) is 17.7. The number of amides is 3. The zero-order valence-corrected chi connectivity index (χ0v) is 29.5. The van der Waals surface area contributed by atoms with Crippen molar-refractivity contribution in [3.63, 3.8) is 0 Å². The minimum atomic E-state index is -0.760. The number of carbonyl (C=O) groups is 4. The molecule has 4 aromatic rings. The van der Waals surface area contributed by atoms with Crippen LogP contribution in [0.2, 0.25) is 0 Å². The average Bonchev–Trinajstić information content (AvgIpc) is 3.48. The number of aromatic nitrogens is 5. The second kappa shape index (κ2) is 13.1. The van der Waals surface area contributed by atoms with E-state index in [-0.39, 0.29) is 41.5 Å². The van der Waals surface area contributed by atoms with E-state index in [1.54, 1.807) is 28.0 Å². The van der Waals surface area contributed by atoms with E-state index in [1.807, 2.05) is 26.0 Å². The van der Waals surface area contributed by atoms with E-state index in [1.165, 1.54) is 6.92 Å². The molecule has 2 N–H and O–H groups in total. The summed E-state index contributed by atoms with van der Waals surface area (Å²) < 4.78 is 2.24. The van der Waals surface area contributed by atoms with Crippen LogP contribution < -0.4 is 10.6 Å². The molecule has 1 saturated heterocycles. The summed E-state index contributed by atoms with van der Waals surface area (Å²) in [4.78, 5) is 69.1. The zero-order chi connectivity index (χ0) is 34.4. The molecule has 3 aliphatic rings. The lowest BCUT2D eigenvalue weighted by molar-refractivity contribution is -0.138. The van der Waals surface area contributed by atoms with Crippen LogP contribution in [0, 0.1) is 19.3 Å². The van der Waals surface area contributed by atoms with E-state index < -0.39 is 6.04 Å². The van der Waals surface area contributed by atoms with E-state index in [0.29, 0.717) is 59.6 Å². The molecule has 1 aliphatic carbocycles. The van der Waals surface area contributed by atoms with Gasteiger partial charge in [-0.05, 0) is 96.8 Å². The number of anilines is 1. The summed E-state index contributed by atoms with van der Waals surface area (Å²) in [6, 6.07) is 6.71. The number of piperidine rings is 1. The van der Waals surface area contributed by atoms with Crippen molar-refractivity contribution >= 4 is 56.2 Å². The minimum absolute atomic E-state index is 0.00398. The summed E-state index contributed by atoms with van der Waals surface area (Å²) in [6.07, 6.45) is 9.27. The Morgan fingerprint density at radius 3 is 2.51 bits per heavy atom. The van der Waals surface area contributed by atoms with E-state index in [4.69, 9.17) is 5.10 Å². The van der Waals surface area contributed by atoms with Crippen LogP contribution in [0.3, 0.4) is 0 Å². The first-order chi connectivity index (χ1) is 23.5. The molecule has 49 heavy (non-hydrogen) atoms. The first-order valence-electron chi connectivity index (χ1n) is 16.9. The van der Waals surface area contributed by atoms with Crippen molar-refractivity contribution in [1.29, 1.82) is 0 Å². The molecule has 3 atom stereocenters. The molecule has 254 valence electrons. The second-order valence-electron chi connectivity index (χ2n) is 13.7. The van der Waals surface area contributed by atoms with Crippen molar-refractivity contribution in [2.24, 2.45) is 5.41 Å². The standard InChI is InChI=1S/C36H39BrN8O4/c1-20-10-11-29(37)41-34(20)42-35(49)27-14-36-15-28(36)45(27)31(48)18-44-33-23(8-6-4-5-7-9-30(47)40-19-36)12-24(25-16-38-22(3)39-17-25)13-26(33)32(43-44)21(2)46/h10-13,16-17,27-28H,4-9,14-15,18-19H2,1-3H3,(H,40,47)(H,41,42,49)/t27-,28+,36-/m0/s1. The smallest absolute Gasteiger partial charge is 0.248 e. The molecule has 2 bridgehead atoms. The van der Waals surface area contributed by atoms with Crippen molar-refractivity contribution in [2.75, 3.05) is 11.9 Å². The number of aryl methyl sites for hydroxylation is 3. The van der Waals surface area contributed by atoms with Gasteiger partial charge in [0.2, 0.25) is 17.7 Å². The number of hydrogen-bond acceptors (Lipinski definition) is 8. The summed E-state index contributed by atoms with van der Waals surface area (Å²) in [6.45, 7) is 5.45. The van der Waals surface area contributed by atoms with Gasteiger partial charge in [-0.1, -0.05) is 18.9 Å². The monoisotopic (exact) mass is 726 g/mol. The van der Waals surface area contributed by atoms with Crippen LogP contribution in [-0.4, -0.2) is 71.8 Å². The van der Waals surface area contributed by atoms with Gasteiger partial charge in [0.05, 0.1) is 5.52 Å². The van der Waals surface area contributed by atoms with Gasteiger partial charge >= 0.3 is 0 Å². The average molecular weight is 728 g/mol. The number of pyridine rings is 1. The SMILES string of the molecule is CC(=O)c1nn2c3c(cc(-c4cnc(C)nc4)cc13)CCCCCCC(=O)NC[C@@]13C[C@@H](C(=O)Nc4nc(Br)ccc4C)N(C(=O)C2)[C@@H]1C3. The molecular weight excluding hydrogens is 688 g/mol. The molecule has 12 nitrogen and oxygen atoms in total. The maximum Gasteiger partial charge on any atom is 0.248 e. The van der Waals surface area contributed by atoms with Gasteiger partial charge < -0.3 is 15.5 Å². The quantitative estimate of drug-likeness (QED) is 0.218. The van der Waals surface area contributed by atoms with Crippen LogP contribution in [-0.2, 0) is 27.3 Å². The fourth-order valence-electron chi connectivity index (χ4n) is 7.50. The lowest BCUT2D eigenvalue weighted by atomic mass is 9.96. The Bertz CT molecular complexity index is 1990. The topological polar surface area (TPSA) is 152 Å². The molecule has 3 aromatic heterocycles. The molecule has 0 spiro atoms. The predicted octanol–water partition coefficient (Wildman–Crippen LogP) is 5.09.